The lowest BCUT2D eigenvalue weighted by Gasteiger charge is -2.17. The molecule has 0 bridgehead atoms. The fourth-order valence-electron chi connectivity index (χ4n) is 1.93. The van der Waals surface area contributed by atoms with Gasteiger partial charge in [0.25, 0.3) is 0 Å². The number of rotatable bonds is 8. The van der Waals surface area contributed by atoms with E-state index in [1.54, 1.807) is 6.20 Å². The van der Waals surface area contributed by atoms with Gasteiger partial charge in [-0.2, -0.15) is 0 Å². The first-order valence-corrected chi connectivity index (χ1v) is 6.90. The second kappa shape index (κ2) is 8.09. The Bertz CT molecular complexity index is 352. The fourth-order valence-corrected chi connectivity index (χ4v) is 1.93. The number of aliphatic hydroxyl groups is 1. The van der Waals surface area contributed by atoms with Crippen LogP contribution in [0.15, 0.2) is 12.3 Å². The summed E-state index contributed by atoms with van der Waals surface area (Å²) >= 11 is 0. The van der Waals surface area contributed by atoms with Gasteiger partial charge in [0.15, 0.2) is 0 Å². The molecule has 0 spiro atoms. The molecule has 3 nitrogen and oxygen atoms in total. The van der Waals surface area contributed by atoms with Gasteiger partial charge in [0.05, 0.1) is 12.7 Å². The van der Waals surface area contributed by atoms with Gasteiger partial charge >= 0.3 is 0 Å². The molecule has 1 N–H and O–H groups in total. The second-order valence-electron chi connectivity index (χ2n) is 4.87. The number of aromatic nitrogens is 1. The smallest absolute Gasteiger partial charge is 0.128 e. The van der Waals surface area contributed by atoms with E-state index in [0.717, 1.165) is 23.4 Å². The van der Waals surface area contributed by atoms with Crippen LogP contribution >= 0.6 is 0 Å². The minimum Gasteiger partial charge on any atom is -0.490 e. The van der Waals surface area contributed by atoms with Gasteiger partial charge in [-0.3, -0.25) is 4.98 Å². The van der Waals surface area contributed by atoms with Crippen LogP contribution in [0.1, 0.15) is 57.2 Å². The molecule has 1 aromatic heterocycles. The highest BCUT2D eigenvalue weighted by Gasteiger charge is 2.09. The van der Waals surface area contributed by atoms with Crippen molar-refractivity contribution in [1.29, 1.82) is 0 Å². The van der Waals surface area contributed by atoms with E-state index >= 15 is 0 Å². The van der Waals surface area contributed by atoms with Crippen LogP contribution in [0.4, 0.5) is 0 Å². The molecule has 0 aliphatic rings. The first kappa shape index (κ1) is 15.0. The molecule has 0 aromatic carbocycles. The lowest BCUT2D eigenvalue weighted by atomic mass is 10.1. The van der Waals surface area contributed by atoms with Crippen molar-refractivity contribution < 1.29 is 9.84 Å². The third-order valence-corrected chi connectivity index (χ3v) is 3.04. The van der Waals surface area contributed by atoms with Crippen LogP contribution in [0, 0.1) is 6.92 Å². The molecule has 102 valence electrons. The Morgan fingerprint density at radius 2 is 2.11 bits per heavy atom. The summed E-state index contributed by atoms with van der Waals surface area (Å²) in [5.74, 6) is 0.771. The number of aryl methyl sites for hydroxylation is 1. The quantitative estimate of drug-likeness (QED) is 0.717. The van der Waals surface area contributed by atoms with E-state index in [1.807, 2.05) is 13.0 Å². The zero-order chi connectivity index (χ0) is 13.4. The molecule has 0 saturated carbocycles. The van der Waals surface area contributed by atoms with Crippen molar-refractivity contribution in [2.45, 2.75) is 65.6 Å². The molecule has 18 heavy (non-hydrogen) atoms. The summed E-state index contributed by atoms with van der Waals surface area (Å²) in [4.78, 5) is 4.16. The Labute approximate surface area is 110 Å². The van der Waals surface area contributed by atoms with Crippen molar-refractivity contribution in [3.8, 4) is 5.75 Å². The lowest BCUT2D eigenvalue weighted by molar-refractivity contribution is 0.196. The first-order chi connectivity index (χ1) is 8.67. The van der Waals surface area contributed by atoms with E-state index in [1.165, 1.54) is 25.7 Å². The molecule has 1 unspecified atom stereocenters. The molecule has 1 rings (SSSR count). The molecule has 0 radical (unpaired) electrons. The van der Waals surface area contributed by atoms with E-state index in [4.69, 9.17) is 4.74 Å². The maximum Gasteiger partial charge on any atom is 0.128 e. The number of aliphatic hydroxyl groups excluding tert-OH is 1. The third-order valence-electron chi connectivity index (χ3n) is 3.04. The third kappa shape index (κ3) is 5.05. The maximum absolute atomic E-state index is 9.25. The van der Waals surface area contributed by atoms with Crippen LogP contribution in [0.5, 0.6) is 5.75 Å². The summed E-state index contributed by atoms with van der Waals surface area (Å²) in [6, 6.07) is 1.90. The highest BCUT2D eigenvalue weighted by molar-refractivity contribution is 5.32. The van der Waals surface area contributed by atoms with Crippen molar-refractivity contribution in [2.24, 2.45) is 0 Å². The SMILES string of the molecule is CCCCCCC(C)Oc1cc(C)ncc1CO. The van der Waals surface area contributed by atoms with Gasteiger partial charge in [0, 0.05) is 23.5 Å². The molecule has 0 fully saturated rings. The number of unbranched alkanes of at least 4 members (excludes halogenated alkanes) is 3. The van der Waals surface area contributed by atoms with Crippen LogP contribution in [-0.4, -0.2) is 16.2 Å². The van der Waals surface area contributed by atoms with Crippen LogP contribution in [-0.2, 0) is 6.61 Å². The van der Waals surface area contributed by atoms with E-state index in [-0.39, 0.29) is 12.7 Å². The number of hydrogen-bond acceptors (Lipinski definition) is 3. The van der Waals surface area contributed by atoms with Gasteiger partial charge in [-0.05, 0) is 26.7 Å². The van der Waals surface area contributed by atoms with E-state index in [9.17, 15) is 5.11 Å². The largest absolute Gasteiger partial charge is 0.490 e. The zero-order valence-electron chi connectivity index (χ0n) is 11.8. The molecule has 1 heterocycles. The Hall–Kier alpha value is -1.09. The molecule has 1 aromatic rings. The van der Waals surface area contributed by atoms with Gasteiger partial charge < -0.3 is 9.84 Å². The average Bonchev–Trinajstić information content (AvgIpc) is 2.35. The summed E-state index contributed by atoms with van der Waals surface area (Å²) in [5.41, 5.74) is 1.68. The molecular formula is C15H25NO2. The summed E-state index contributed by atoms with van der Waals surface area (Å²) in [5, 5.41) is 9.25. The molecule has 0 amide bonds. The topological polar surface area (TPSA) is 42.4 Å². The van der Waals surface area contributed by atoms with Gasteiger partial charge in [-0.25, -0.2) is 0 Å². The van der Waals surface area contributed by atoms with Gasteiger partial charge in [-0.15, -0.1) is 0 Å². The molecule has 0 aliphatic heterocycles. The Morgan fingerprint density at radius 3 is 2.78 bits per heavy atom. The fraction of sp³-hybridized carbons (Fsp3) is 0.667. The normalized spacial score (nSPS) is 12.4. The summed E-state index contributed by atoms with van der Waals surface area (Å²) in [6.07, 6.45) is 7.96. The van der Waals surface area contributed by atoms with Crippen molar-refractivity contribution >= 4 is 0 Å². The Morgan fingerprint density at radius 1 is 1.33 bits per heavy atom. The van der Waals surface area contributed by atoms with Crippen molar-refractivity contribution in [1.82, 2.24) is 4.98 Å². The average molecular weight is 251 g/mol. The molecular weight excluding hydrogens is 226 g/mol. The number of nitrogens with zero attached hydrogens (tertiary/aromatic N) is 1. The highest BCUT2D eigenvalue weighted by Crippen LogP contribution is 2.21. The summed E-state index contributed by atoms with van der Waals surface area (Å²) in [6.45, 7) is 6.21. The summed E-state index contributed by atoms with van der Waals surface area (Å²) < 4.78 is 5.90. The Balaban J connectivity index is 2.47. The molecule has 3 heteroatoms. The molecule has 0 aliphatic carbocycles. The molecule has 0 saturated heterocycles. The minimum atomic E-state index is -0.0227. The predicted octanol–water partition coefficient (Wildman–Crippen LogP) is 3.62. The van der Waals surface area contributed by atoms with Crippen LogP contribution < -0.4 is 4.74 Å². The van der Waals surface area contributed by atoms with Gasteiger partial charge in [-0.1, -0.05) is 26.2 Å². The van der Waals surface area contributed by atoms with E-state index in [2.05, 4.69) is 18.8 Å². The highest BCUT2D eigenvalue weighted by atomic mass is 16.5. The van der Waals surface area contributed by atoms with Crippen LogP contribution in [0.25, 0.3) is 0 Å². The molecule has 1 atom stereocenters. The van der Waals surface area contributed by atoms with Crippen LogP contribution in [0.2, 0.25) is 0 Å². The number of hydrogen-bond donors (Lipinski definition) is 1. The summed E-state index contributed by atoms with van der Waals surface area (Å²) in [7, 11) is 0. The van der Waals surface area contributed by atoms with Crippen molar-refractivity contribution in [2.75, 3.05) is 0 Å². The Kier molecular flexibility index (Phi) is 6.73. The number of pyridine rings is 1. The second-order valence-corrected chi connectivity index (χ2v) is 4.87. The van der Waals surface area contributed by atoms with E-state index < -0.39 is 0 Å². The predicted molar refractivity (Wildman–Crippen MR) is 73.7 cm³/mol. The maximum atomic E-state index is 9.25. The lowest BCUT2D eigenvalue weighted by Crippen LogP contribution is -2.13. The van der Waals surface area contributed by atoms with Crippen molar-refractivity contribution in [3.63, 3.8) is 0 Å². The number of ether oxygens (including phenoxy) is 1. The van der Waals surface area contributed by atoms with Crippen molar-refractivity contribution in [3.05, 3.63) is 23.5 Å². The zero-order valence-corrected chi connectivity index (χ0v) is 11.8. The monoisotopic (exact) mass is 251 g/mol. The minimum absolute atomic E-state index is 0.0227. The standard InChI is InChI=1S/C15H25NO2/c1-4-5-6-7-8-13(3)18-15-9-12(2)16-10-14(15)11-17/h9-10,13,17H,4-8,11H2,1-3H3. The van der Waals surface area contributed by atoms with Gasteiger partial charge in [0.2, 0.25) is 0 Å². The van der Waals surface area contributed by atoms with E-state index in [0.29, 0.717) is 0 Å². The van der Waals surface area contributed by atoms with Gasteiger partial charge in [0.1, 0.15) is 5.75 Å². The first-order valence-electron chi connectivity index (χ1n) is 6.90. The van der Waals surface area contributed by atoms with Crippen LogP contribution in [0.3, 0.4) is 0 Å².